The van der Waals surface area contributed by atoms with Crippen molar-refractivity contribution in [3.05, 3.63) is 67.8 Å². The molecule has 5 aromatic rings. The molecule has 0 spiro atoms. The third-order valence-corrected chi connectivity index (χ3v) is 15.5. The van der Waals surface area contributed by atoms with Crippen LogP contribution in [0.1, 0.15) is 142 Å². The van der Waals surface area contributed by atoms with Crippen LogP contribution in [-0.2, 0) is 0 Å². The summed E-state index contributed by atoms with van der Waals surface area (Å²) in [6.45, 7) is 6.19. The standard InChI is InChI=1S/C46H60I2O2S2/c1-3-5-7-9-11-13-15-17-19-21-31-49-37-27-23-35(24-28-37)45-43(47)39-33-42-40(34-41(39)51-45)44(48)46(52-42)36-25-29-38(30-26-36)50-32-22-20-18-16-14-12-10-8-6-4-2/h23-30,33-34H,3-22,31-32H2,1-2H3. The van der Waals surface area contributed by atoms with E-state index < -0.39 is 0 Å². The molecule has 0 saturated heterocycles. The molecule has 0 saturated carbocycles. The first-order valence-corrected chi connectivity index (χ1v) is 24.2. The Kier molecular flexibility index (Phi) is 18.9. The highest BCUT2D eigenvalue weighted by atomic mass is 127. The number of benzene rings is 3. The van der Waals surface area contributed by atoms with E-state index >= 15 is 0 Å². The van der Waals surface area contributed by atoms with Crippen molar-refractivity contribution in [2.75, 3.05) is 13.2 Å². The first-order chi connectivity index (χ1) is 25.6. The number of halogens is 2. The fraction of sp³-hybridized carbons (Fsp3) is 0.522. The third kappa shape index (κ3) is 12.9. The van der Waals surface area contributed by atoms with Crippen LogP contribution in [0.25, 0.3) is 41.1 Å². The van der Waals surface area contributed by atoms with Gasteiger partial charge in [0, 0.05) is 37.1 Å². The van der Waals surface area contributed by atoms with Gasteiger partial charge in [0.2, 0.25) is 0 Å². The second-order valence-corrected chi connectivity index (χ2v) is 18.7. The second-order valence-electron chi connectivity index (χ2n) is 14.4. The molecule has 2 aromatic heterocycles. The predicted molar refractivity (Wildman–Crippen MR) is 248 cm³/mol. The quantitative estimate of drug-likeness (QED) is 0.0406. The molecule has 0 radical (unpaired) electrons. The van der Waals surface area contributed by atoms with Gasteiger partial charge in [0.1, 0.15) is 11.5 Å². The van der Waals surface area contributed by atoms with Crippen molar-refractivity contribution in [2.24, 2.45) is 0 Å². The van der Waals surface area contributed by atoms with Crippen molar-refractivity contribution in [1.82, 2.24) is 0 Å². The zero-order valence-corrected chi connectivity index (χ0v) is 37.7. The van der Waals surface area contributed by atoms with E-state index in [0.717, 1.165) is 37.6 Å². The van der Waals surface area contributed by atoms with Gasteiger partial charge in [-0.15, -0.1) is 22.7 Å². The first kappa shape index (κ1) is 41.8. The fourth-order valence-electron chi connectivity index (χ4n) is 6.96. The molecule has 0 aliphatic rings. The topological polar surface area (TPSA) is 18.5 Å². The number of hydrogen-bond acceptors (Lipinski definition) is 4. The van der Waals surface area contributed by atoms with Gasteiger partial charge in [0.25, 0.3) is 0 Å². The zero-order chi connectivity index (χ0) is 36.4. The molecule has 0 amide bonds. The maximum Gasteiger partial charge on any atom is 0.119 e. The maximum absolute atomic E-state index is 6.11. The van der Waals surface area contributed by atoms with Gasteiger partial charge >= 0.3 is 0 Å². The van der Waals surface area contributed by atoms with Gasteiger partial charge in [-0.05, 0) is 130 Å². The lowest BCUT2D eigenvalue weighted by Gasteiger charge is -2.07. The average Bonchev–Trinajstić information content (AvgIpc) is 3.67. The summed E-state index contributed by atoms with van der Waals surface area (Å²) in [5.74, 6) is 1.96. The number of hydrogen-bond donors (Lipinski definition) is 0. The Morgan fingerprint density at radius 2 is 0.731 bits per heavy atom. The van der Waals surface area contributed by atoms with E-state index in [0.29, 0.717) is 0 Å². The Bertz CT molecular complexity index is 1610. The summed E-state index contributed by atoms with van der Waals surface area (Å²) in [5.41, 5.74) is 2.54. The molecule has 3 aromatic carbocycles. The van der Waals surface area contributed by atoms with Gasteiger partial charge < -0.3 is 9.47 Å². The van der Waals surface area contributed by atoms with Crippen LogP contribution in [0, 0.1) is 7.14 Å². The molecular formula is C46H60I2O2S2. The minimum atomic E-state index is 0.811. The molecule has 0 aliphatic carbocycles. The summed E-state index contributed by atoms with van der Waals surface area (Å²) in [6, 6.07) is 22.3. The Balaban J connectivity index is 1.08. The lowest BCUT2D eigenvalue weighted by atomic mass is 10.1. The molecule has 52 heavy (non-hydrogen) atoms. The van der Waals surface area contributed by atoms with Crippen LogP contribution in [0.2, 0.25) is 0 Å². The average molecular weight is 963 g/mol. The lowest BCUT2D eigenvalue weighted by molar-refractivity contribution is 0.304. The molecule has 2 heterocycles. The van der Waals surface area contributed by atoms with Gasteiger partial charge in [-0.3, -0.25) is 0 Å². The Hall–Kier alpha value is -1.36. The number of fused-ring (bicyclic) bond motifs is 2. The van der Waals surface area contributed by atoms with E-state index in [1.165, 1.54) is 164 Å². The molecule has 2 nitrogen and oxygen atoms in total. The van der Waals surface area contributed by atoms with Crippen molar-refractivity contribution in [2.45, 2.75) is 142 Å². The highest BCUT2D eigenvalue weighted by Gasteiger charge is 2.17. The molecule has 0 unspecified atom stereocenters. The Morgan fingerprint density at radius 1 is 0.423 bits per heavy atom. The number of unbranched alkanes of at least 4 members (excludes halogenated alkanes) is 18. The molecule has 0 bridgehead atoms. The normalized spacial score (nSPS) is 11.6. The second kappa shape index (κ2) is 23.5. The van der Waals surface area contributed by atoms with E-state index in [2.05, 4.69) is 120 Å². The van der Waals surface area contributed by atoms with Crippen LogP contribution in [-0.4, -0.2) is 13.2 Å². The van der Waals surface area contributed by atoms with Crippen molar-refractivity contribution < 1.29 is 9.47 Å². The summed E-state index contributed by atoms with van der Waals surface area (Å²) in [6.07, 6.45) is 26.9. The summed E-state index contributed by atoms with van der Waals surface area (Å²) in [5, 5.41) is 2.71. The largest absolute Gasteiger partial charge is 0.494 e. The maximum atomic E-state index is 6.11. The number of rotatable bonds is 26. The van der Waals surface area contributed by atoms with Crippen LogP contribution in [0.15, 0.2) is 60.7 Å². The SMILES string of the molecule is CCCCCCCCCCCCOc1ccc(-c2sc3cc4c(I)c(-c5ccc(OCCCCCCCCCCCC)cc5)sc4cc3c2I)cc1. The van der Waals surface area contributed by atoms with E-state index in [9.17, 15) is 0 Å². The molecule has 0 N–H and O–H groups in total. The Labute approximate surface area is 350 Å². The summed E-state index contributed by atoms with van der Waals surface area (Å²) in [7, 11) is 0. The van der Waals surface area contributed by atoms with Gasteiger partial charge in [-0.2, -0.15) is 0 Å². The van der Waals surface area contributed by atoms with Crippen LogP contribution < -0.4 is 9.47 Å². The summed E-state index contributed by atoms with van der Waals surface area (Å²) in [4.78, 5) is 2.69. The van der Waals surface area contributed by atoms with Crippen LogP contribution in [0.3, 0.4) is 0 Å². The summed E-state index contributed by atoms with van der Waals surface area (Å²) >= 11 is 8.91. The molecule has 0 fully saturated rings. The van der Waals surface area contributed by atoms with Gasteiger partial charge in [0.05, 0.1) is 13.2 Å². The van der Waals surface area contributed by atoms with Crippen molar-refractivity contribution in [3.8, 4) is 32.4 Å². The molecule has 0 aliphatic heterocycles. The van der Waals surface area contributed by atoms with E-state index in [1.54, 1.807) is 0 Å². The third-order valence-electron chi connectivity index (χ3n) is 10.1. The first-order valence-electron chi connectivity index (χ1n) is 20.4. The summed E-state index contributed by atoms with van der Waals surface area (Å²) < 4.78 is 17.6. The molecular weight excluding hydrogens is 902 g/mol. The minimum absolute atomic E-state index is 0.811. The van der Waals surface area contributed by atoms with E-state index in [1.807, 2.05) is 22.7 Å². The van der Waals surface area contributed by atoms with Crippen molar-refractivity contribution >= 4 is 88.0 Å². The number of ether oxygens (including phenoxy) is 2. The highest BCUT2D eigenvalue weighted by Crippen LogP contribution is 2.46. The van der Waals surface area contributed by atoms with E-state index in [-0.39, 0.29) is 0 Å². The zero-order valence-electron chi connectivity index (χ0n) is 31.7. The lowest BCUT2D eigenvalue weighted by Crippen LogP contribution is -1.97. The van der Waals surface area contributed by atoms with Gasteiger partial charge in [-0.1, -0.05) is 129 Å². The van der Waals surface area contributed by atoms with Gasteiger partial charge in [0.15, 0.2) is 0 Å². The predicted octanol–water partition coefficient (Wildman–Crippen LogP) is 17.3. The molecule has 5 rings (SSSR count). The smallest absolute Gasteiger partial charge is 0.119 e. The van der Waals surface area contributed by atoms with Crippen LogP contribution in [0.4, 0.5) is 0 Å². The van der Waals surface area contributed by atoms with E-state index in [4.69, 9.17) is 9.47 Å². The monoisotopic (exact) mass is 962 g/mol. The van der Waals surface area contributed by atoms with Crippen LogP contribution >= 0.6 is 67.9 Å². The van der Waals surface area contributed by atoms with Gasteiger partial charge in [-0.25, -0.2) is 0 Å². The molecule has 282 valence electrons. The highest BCUT2D eigenvalue weighted by molar-refractivity contribution is 14.1. The Morgan fingerprint density at radius 3 is 1.06 bits per heavy atom. The van der Waals surface area contributed by atoms with Crippen molar-refractivity contribution in [1.29, 1.82) is 0 Å². The number of thiophene rings is 2. The molecule has 0 atom stereocenters. The molecule has 6 heteroatoms. The fourth-order valence-corrected chi connectivity index (χ4v) is 11.7. The minimum Gasteiger partial charge on any atom is -0.494 e. The van der Waals surface area contributed by atoms with Crippen LogP contribution in [0.5, 0.6) is 11.5 Å². The van der Waals surface area contributed by atoms with Crippen molar-refractivity contribution in [3.63, 3.8) is 0 Å².